The Morgan fingerprint density at radius 2 is 2.00 bits per heavy atom. The van der Waals surface area contributed by atoms with E-state index in [1.165, 1.54) is 0 Å². The fourth-order valence-electron chi connectivity index (χ4n) is 2.62. The third kappa shape index (κ3) is 3.82. The maximum absolute atomic E-state index is 12.8. The molecule has 1 aliphatic rings. The van der Waals surface area contributed by atoms with Crippen molar-refractivity contribution in [3.05, 3.63) is 35.9 Å². The maximum Gasteiger partial charge on any atom is 0.318 e. The third-order valence-electron chi connectivity index (χ3n) is 3.59. The van der Waals surface area contributed by atoms with Crippen molar-refractivity contribution < 1.29 is 14.3 Å². The molecule has 0 amide bonds. The fourth-order valence-corrected chi connectivity index (χ4v) is 2.97. The highest BCUT2D eigenvalue weighted by Crippen LogP contribution is 2.20. The minimum absolute atomic E-state index is 0.0965. The summed E-state index contributed by atoms with van der Waals surface area (Å²) in [4.78, 5) is 25.1. The second kappa shape index (κ2) is 7.35. The van der Waals surface area contributed by atoms with Gasteiger partial charge in [-0.05, 0) is 32.5 Å². The van der Waals surface area contributed by atoms with Gasteiger partial charge < -0.3 is 15.4 Å². The number of ether oxygens (including phenoxy) is 1. The molecule has 0 spiro atoms. The van der Waals surface area contributed by atoms with E-state index in [-0.39, 0.29) is 24.5 Å². The third-order valence-corrected chi connectivity index (χ3v) is 3.82. The van der Waals surface area contributed by atoms with Gasteiger partial charge in [0.25, 0.3) is 0 Å². The summed E-state index contributed by atoms with van der Waals surface area (Å²) < 4.78 is 5.11. The van der Waals surface area contributed by atoms with Crippen LogP contribution in [0.25, 0.3) is 0 Å². The quantitative estimate of drug-likeness (QED) is 0.372. The van der Waals surface area contributed by atoms with Crippen LogP contribution in [0.15, 0.2) is 30.3 Å². The van der Waals surface area contributed by atoms with Gasteiger partial charge in [-0.15, -0.1) is 0 Å². The summed E-state index contributed by atoms with van der Waals surface area (Å²) in [6.07, 6.45) is 0.613. The topological polar surface area (TPSA) is 67.4 Å². The number of hydrogen-bond donors (Lipinski definition) is 2. The van der Waals surface area contributed by atoms with Gasteiger partial charge in [-0.25, -0.2) is 0 Å². The average molecular weight is 320 g/mol. The van der Waals surface area contributed by atoms with E-state index in [2.05, 4.69) is 10.6 Å². The van der Waals surface area contributed by atoms with Crippen molar-refractivity contribution in [1.29, 1.82) is 0 Å². The van der Waals surface area contributed by atoms with Gasteiger partial charge in [-0.1, -0.05) is 30.3 Å². The van der Waals surface area contributed by atoms with Crippen molar-refractivity contribution in [2.75, 3.05) is 6.61 Å². The standard InChI is InChI=1S/C16H20N2O3S/c1-3-21-15(20)13(12-9-10(2)17-16(22)18-12)14(19)11-7-5-4-6-8-11/h4-8,10,12-13H,3,9H2,1-2H3,(H2,17,18,22)/t10-,12-,13-/m1/s1. The van der Waals surface area contributed by atoms with Crippen molar-refractivity contribution >= 4 is 29.1 Å². The highest BCUT2D eigenvalue weighted by atomic mass is 32.1. The molecule has 1 saturated heterocycles. The molecular weight excluding hydrogens is 300 g/mol. The summed E-state index contributed by atoms with van der Waals surface area (Å²) >= 11 is 5.15. The number of Topliss-reactive ketones (excluding diaryl/α,β-unsaturated/α-hetero) is 1. The number of nitrogens with one attached hydrogen (secondary N) is 2. The summed E-state index contributed by atoms with van der Waals surface area (Å²) in [5.41, 5.74) is 0.499. The summed E-state index contributed by atoms with van der Waals surface area (Å²) in [5, 5.41) is 6.56. The van der Waals surface area contributed by atoms with Crippen LogP contribution in [0.4, 0.5) is 0 Å². The van der Waals surface area contributed by atoms with E-state index in [0.29, 0.717) is 17.1 Å². The molecule has 0 aliphatic carbocycles. The molecule has 1 fully saturated rings. The molecule has 5 nitrogen and oxygen atoms in total. The molecule has 118 valence electrons. The first-order chi connectivity index (χ1) is 10.5. The number of ketones is 1. The van der Waals surface area contributed by atoms with Crippen LogP contribution in [0.5, 0.6) is 0 Å². The van der Waals surface area contributed by atoms with E-state index in [4.69, 9.17) is 17.0 Å². The van der Waals surface area contributed by atoms with E-state index in [0.717, 1.165) is 0 Å². The molecule has 2 N–H and O–H groups in total. The van der Waals surface area contributed by atoms with Gasteiger partial charge in [0.2, 0.25) is 0 Å². The summed E-state index contributed by atoms with van der Waals surface area (Å²) in [7, 11) is 0. The molecule has 0 aromatic heterocycles. The zero-order valence-corrected chi connectivity index (χ0v) is 13.5. The molecule has 0 bridgehead atoms. The van der Waals surface area contributed by atoms with Crippen molar-refractivity contribution in [3.8, 4) is 0 Å². The number of carbonyl (C=O) groups excluding carboxylic acids is 2. The summed E-state index contributed by atoms with van der Waals surface area (Å²) in [5.74, 6) is -1.65. The SMILES string of the molecule is CCOC(=O)[C@@H](C(=O)c1ccccc1)[C@H]1C[C@@H](C)NC(=S)N1. The van der Waals surface area contributed by atoms with Crippen LogP contribution in [0.1, 0.15) is 30.6 Å². The van der Waals surface area contributed by atoms with Crippen molar-refractivity contribution in [2.24, 2.45) is 5.92 Å². The van der Waals surface area contributed by atoms with Crippen LogP contribution < -0.4 is 10.6 Å². The first-order valence-corrected chi connectivity index (χ1v) is 7.76. The molecule has 1 aromatic carbocycles. The van der Waals surface area contributed by atoms with Gasteiger partial charge >= 0.3 is 5.97 Å². The van der Waals surface area contributed by atoms with Crippen LogP contribution in [0.2, 0.25) is 0 Å². The number of esters is 1. The Labute approximate surface area is 135 Å². The molecule has 22 heavy (non-hydrogen) atoms. The van der Waals surface area contributed by atoms with Gasteiger partial charge in [0.05, 0.1) is 12.6 Å². The predicted molar refractivity (Wildman–Crippen MR) is 87.6 cm³/mol. The predicted octanol–water partition coefficient (Wildman–Crippen LogP) is 1.67. The van der Waals surface area contributed by atoms with E-state index in [1.54, 1.807) is 31.2 Å². The first kappa shape index (κ1) is 16.4. The van der Waals surface area contributed by atoms with Crippen LogP contribution in [0, 0.1) is 5.92 Å². The highest BCUT2D eigenvalue weighted by molar-refractivity contribution is 7.80. The van der Waals surface area contributed by atoms with Crippen LogP contribution in [-0.4, -0.2) is 35.6 Å². The highest BCUT2D eigenvalue weighted by Gasteiger charge is 2.39. The minimum Gasteiger partial charge on any atom is -0.465 e. The lowest BCUT2D eigenvalue weighted by Crippen LogP contribution is -2.58. The smallest absolute Gasteiger partial charge is 0.318 e. The molecule has 1 heterocycles. The molecule has 0 unspecified atom stereocenters. The minimum atomic E-state index is -0.898. The largest absolute Gasteiger partial charge is 0.465 e. The zero-order valence-electron chi connectivity index (χ0n) is 12.7. The van der Waals surface area contributed by atoms with E-state index < -0.39 is 11.9 Å². The molecular formula is C16H20N2O3S. The van der Waals surface area contributed by atoms with Crippen molar-refractivity contribution in [2.45, 2.75) is 32.4 Å². The van der Waals surface area contributed by atoms with E-state index >= 15 is 0 Å². The average Bonchev–Trinajstić information content (AvgIpc) is 2.47. The Hall–Kier alpha value is -1.95. The molecule has 0 radical (unpaired) electrons. The molecule has 1 aromatic rings. The number of thiocarbonyl (C=S) groups is 1. The molecule has 0 saturated carbocycles. The number of hydrogen-bond acceptors (Lipinski definition) is 4. The summed E-state index contributed by atoms with van der Waals surface area (Å²) in [6.45, 7) is 3.93. The van der Waals surface area contributed by atoms with Crippen molar-refractivity contribution in [3.63, 3.8) is 0 Å². The monoisotopic (exact) mass is 320 g/mol. The lowest BCUT2D eigenvalue weighted by molar-refractivity contribution is -0.147. The number of benzene rings is 1. The van der Waals surface area contributed by atoms with Gasteiger partial charge in [0.15, 0.2) is 10.9 Å². The molecule has 6 heteroatoms. The first-order valence-electron chi connectivity index (χ1n) is 7.35. The Morgan fingerprint density at radius 1 is 1.32 bits per heavy atom. The lowest BCUT2D eigenvalue weighted by atomic mass is 9.86. The normalized spacial score (nSPS) is 22.2. The van der Waals surface area contributed by atoms with Gasteiger partial charge in [-0.3, -0.25) is 9.59 Å². The lowest BCUT2D eigenvalue weighted by Gasteiger charge is -2.34. The van der Waals surface area contributed by atoms with Crippen molar-refractivity contribution in [1.82, 2.24) is 10.6 Å². The Bertz CT molecular complexity index is 562. The number of carbonyl (C=O) groups is 2. The van der Waals surface area contributed by atoms with Crippen LogP contribution in [0.3, 0.4) is 0 Å². The van der Waals surface area contributed by atoms with Crippen LogP contribution >= 0.6 is 12.2 Å². The molecule has 3 atom stereocenters. The van der Waals surface area contributed by atoms with Crippen LogP contribution in [-0.2, 0) is 9.53 Å². The fraction of sp³-hybridized carbons (Fsp3) is 0.438. The Morgan fingerprint density at radius 3 is 2.59 bits per heavy atom. The van der Waals surface area contributed by atoms with Gasteiger partial charge in [0.1, 0.15) is 5.92 Å². The van der Waals surface area contributed by atoms with Gasteiger partial charge in [-0.2, -0.15) is 0 Å². The Kier molecular flexibility index (Phi) is 5.49. The van der Waals surface area contributed by atoms with E-state index in [1.807, 2.05) is 13.0 Å². The maximum atomic E-state index is 12.8. The molecule has 2 rings (SSSR count). The zero-order chi connectivity index (χ0) is 16.1. The number of rotatable bonds is 5. The second-order valence-electron chi connectivity index (χ2n) is 5.32. The second-order valence-corrected chi connectivity index (χ2v) is 5.73. The molecule has 1 aliphatic heterocycles. The van der Waals surface area contributed by atoms with Gasteiger partial charge in [0, 0.05) is 11.6 Å². The van der Waals surface area contributed by atoms with E-state index in [9.17, 15) is 9.59 Å². The summed E-state index contributed by atoms with van der Waals surface area (Å²) in [6, 6.07) is 8.52. The Balaban J connectivity index is 2.28.